The Hall–Kier alpha value is -0.300. The summed E-state index contributed by atoms with van der Waals surface area (Å²) in [6.45, 7) is 2.31. The average Bonchev–Trinajstić information content (AvgIpc) is 2.68. The van der Waals surface area contributed by atoms with Gasteiger partial charge in [0.25, 0.3) is 0 Å². The standard InChI is InChI=1S/C10H11Br/c1-7-6-9(7)8-4-2-3-5-10(8)11/h2-5,7,9H,6H2,1H3/t7-,9-/m0/s1. The summed E-state index contributed by atoms with van der Waals surface area (Å²) in [5, 5.41) is 0. The van der Waals surface area contributed by atoms with Crippen LogP contribution in [0.4, 0.5) is 0 Å². The largest absolute Gasteiger partial charge is 0.0619 e. The first kappa shape index (κ1) is 7.35. The second-order valence-corrected chi connectivity index (χ2v) is 4.20. The van der Waals surface area contributed by atoms with Crippen molar-refractivity contribution in [2.75, 3.05) is 0 Å². The van der Waals surface area contributed by atoms with Gasteiger partial charge in [-0.05, 0) is 29.9 Å². The highest BCUT2D eigenvalue weighted by Gasteiger charge is 2.34. The van der Waals surface area contributed by atoms with Gasteiger partial charge < -0.3 is 0 Å². The molecule has 58 valence electrons. The van der Waals surface area contributed by atoms with Crippen LogP contribution in [-0.2, 0) is 0 Å². The van der Waals surface area contributed by atoms with Gasteiger partial charge in [-0.1, -0.05) is 41.1 Å². The highest BCUT2D eigenvalue weighted by atomic mass is 79.9. The minimum atomic E-state index is 0.825. The Bertz CT molecular complexity index is 267. The lowest BCUT2D eigenvalue weighted by atomic mass is 10.1. The van der Waals surface area contributed by atoms with Crippen molar-refractivity contribution in [1.82, 2.24) is 0 Å². The van der Waals surface area contributed by atoms with Crippen LogP contribution in [0.3, 0.4) is 0 Å². The van der Waals surface area contributed by atoms with Gasteiger partial charge in [0, 0.05) is 4.47 Å². The SMILES string of the molecule is C[C@H]1C[C@@H]1c1ccccc1Br. The molecular formula is C10H11Br. The van der Waals surface area contributed by atoms with Gasteiger partial charge in [-0.3, -0.25) is 0 Å². The van der Waals surface area contributed by atoms with Gasteiger partial charge >= 0.3 is 0 Å². The maximum atomic E-state index is 3.56. The van der Waals surface area contributed by atoms with Gasteiger partial charge in [0.2, 0.25) is 0 Å². The third kappa shape index (κ3) is 1.34. The Kier molecular flexibility index (Phi) is 1.76. The molecule has 1 aliphatic carbocycles. The van der Waals surface area contributed by atoms with Crippen LogP contribution in [0, 0.1) is 5.92 Å². The van der Waals surface area contributed by atoms with Crippen molar-refractivity contribution >= 4 is 15.9 Å². The first-order valence-electron chi connectivity index (χ1n) is 4.03. The summed E-state index contributed by atoms with van der Waals surface area (Å²) in [4.78, 5) is 0. The average molecular weight is 211 g/mol. The van der Waals surface area contributed by atoms with Gasteiger partial charge in [0.1, 0.15) is 0 Å². The maximum absolute atomic E-state index is 3.56. The van der Waals surface area contributed by atoms with E-state index in [1.54, 1.807) is 0 Å². The van der Waals surface area contributed by atoms with Gasteiger partial charge in [-0.2, -0.15) is 0 Å². The Morgan fingerprint density at radius 3 is 2.55 bits per heavy atom. The minimum absolute atomic E-state index is 0.825. The van der Waals surface area contributed by atoms with Crippen LogP contribution in [-0.4, -0.2) is 0 Å². The molecule has 0 heterocycles. The molecule has 0 bridgehead atoms. The number of halogens is 1. The van der Waals surface area contributed by atoms with Crippen molar-refractivity contribution in [2.45, 2.75) is 19.3 Å². The molecule has 0 nitrogen and oxygen atoms in total. The Morgan fingerprint density at radius 2 is 2.00 bits per heavy atom. The zero-order valence-corrected chi connectivity index (χ0v) is 8.14. The lowest BCUT2D eigenvalue weighted by Gasteiger charge is -2.00. The topological polar surface area (TPSA) is 0 Å². The third-order valence-electron chi connectivity index (χ3n) is 2.41. The molecule has 1 heteroatoms. The second kappa shape index (κ2) is 2.63. The van der Waals surface area contributed by atoms with Crippen molar-refractivity contribution in [3.05, 3.63) is 34.3 Å². The fourth-order valence-electron chi connectivity index (χ4n) is 1.53. The quantitative estimate of drug-likeness (QED) is 0.666. The fraction of sp³-hybridized carbons (Fsp3) is 0.400. The normalized spacial score (nSPS) is 28.5. The molecule has 1 aliphatic rings. The fourth-order valence-corrected chi connectivity index (χ4v) is 2.11. The summed E-state index contributed by atoms with van der Waals surface area (Å²) in [5.74, 6) is 1.72. The van der Waals surface area contributed by atoms with E-state index in [2.05, 4.69) is 47.1 Å². The molecule has 2 atom stereocenters. The predicted molar refractivity (Wildman–Crippen MR) is 50.7 cm³/mol. The van der Waals surface area contributed by atoms with Gasteiger partial charge in [-0.25, -0.2) is 0 Å². The molecule has 0 spiro atoms. The van der Waals surface area contributed by atoms with Gasteiger partial charge in [0.15, 0.2) is 0 Å². The van der Waals surface area contributed by atoms with Crippen LogP contribution in [0.25, 0.3) is 0 Å². The highest BCUT2D eigenvalue weighted by Crippen LogP contribution is 2.48. The molecule has 1 aromatic rings. The molecule has 0 radical (unpaired) electrons. The smallest absolute Gasteiger partial charge is 0.0210 e. The van der Waals surface area contributed by atoms with Crippen LogP contribution >= 0.6 is 15.9 Å². The summed E-state index contributed by atoms with van der Waals surface area (Å²) in [5.41, 5.74) is 1.49. The van der Waals surface area contributed by atoms with E-state index >= 15 is 0 Å². The van der Waals surface area contributed by atoms with Crippen molar-refractivity contribution in [3.63, 3.8) is 0 Å². The van der Waals surface area contributed by atoms with E-state index in [-0.39, 0.29) is 0 Å². The molecule has 0 saturated heterocycles. The predicted octanol–water partition coefficient (Wildman–Crippen LogP) is 3.57. The molecular weight excluding hydrogens is 200 g/mol. The van der Waals surface area contributed by atoms with Crippen LogP contribution < -0.4 is 0 Å². The summed E-state index contributed by atoms with van der Waals surface area (Å²) in [7, 11) is 0. The summed E-state index contributed by atoms with van der Waals surface area (Å²) >= 11 is 3.56. The molecule has 0 unspecified atom stereocenters. The zero-order chi connectivity index (χ0) is 7.84. The van der Waals surface area contributed by atoms with E-state index < -0.39 is 0 Å². The number of rotatable bonds is 1. The van der Waals surface area contributed by atoms with Gasteiger partial charge in [0.05, 0.1) is 0 Å². The molecule has 0 aromatic heterocycles. The number of hydrogen-bond donors (Lipinski definition) is 0. The van der Waals surface area contributed by atoms with Crippen molar-refractivity contribution < 1.29 is 0 Å². The highest BCUT2D eigenvalue weighted by molar-refractivity contribution is 9.10. The maximum Gasteiger partial charge on any atom is 0.0210 e. The second-order valence-electron chi connectivity index (χ2n) is 3.34. The van der Waals surface area contributed by atoms with E-state index in [4.69, 9.17) is 0 Å². The van der Waals surface area contributed by atoms with E-state index in [1.807, 2.05) is 0 Å². The van der Waals surface area contributed by atoms with Crippen molar-refractivity contribution in [3.8, 4) is 0 Å². The van der Waals surface area contributed by atoms with Crippen molar-refractivity contribution in [1.29, 1.82) is 0 Å². The molecule has 1 saturated carbocycles. The molecule has 11 heavy (non-hydrogen) atoms. The van der Waals surface area contributed by atoms with E-state index in [0.29, 0.717) is 0 Å². The first-order valence-corrected chi connectivity index (χ1v) is 4.83. The van der Waals surface area contributed by atoms with Crippen LogP contribution in [0.1, 0.15) is 24.8 Å². The number of benzene rings is 1. The Morgan fingerprint density at radius 1 is 1.36 bits per heavy atom. The van der Waals surface area contributed by atoms with E-state index in [9.17, 15) is 0 Å². The van der Waals surface area contributed by atoms with Crippen LogP contribution in [0.15, 0.2) is 28.7 Å². The Labute approximate surface area is 75.8 Å². The molecule has 0 amide bonds. The lowest BCUT2D eigenvalue weighted by molar-refractivity contribution is 0.911. The zero-order valence-electron chi connectivity index (χ0n) is 6.55. The van der Waals surface area contributed by atoms with Crippen LogP contribution in [0.2, 0.25) is 0 Å². The van der Waals surface area contributed by atoms with E-state index in [1.165, 1.54) is 16.5 Å². The molecule has 1 fully saturated rings. The van der Waals surface area contributed by atoms with Gasteiger partial charge in [-0.15, -0.1) is 0 Å². The van der Waals surface area contributed by atoms with E-state index in [0.717, 1.165) is 11.8 Å². The third-order valence-corrected chi connectivity index (χ3v) is 3.14. The lowest BCUT2D eigenvalue weighted by Crippen LogP contribution is -1.81. The number of hydrogen-bond acceptors (Lipinski definition) is 0. The molecule has 1 aromatic carbocycles. The summed E-state index contributed by atoms with van der Waals surface area (Å²) in [6.07, 6.45) is 1.36. The first-order chi connectivity index (χ1) is 5.29. The molecule has 2 rings (SSSR count). The molecule has 0 aliphatic heterocycles. The summed E-state index contributed by atoms with van der Waals surface area (Å²) < 4.78 is 1.27. The van der Waals surface area contributed by atoms with Crippen molar-refractivity contribution in [2.24, 2.45) is 5.92 Å². The van der Waals surface area contributed by atoms with Crippen LogP contribution in [0.5, 0.6) is 0 Å². The summed E-state index contributed by atoms with van der Waals surface area (Å²) in [6, 6.07) is 8.53. The monoisotopic (exact) mass is 210 g/mol. The molecule has 0 N–H and O–H groups in total. The minimum Gasteiger partial charge on any atom is -0.0619 e. The Balaban J connectivity index is 2.31.